The molecule has 0 atom stereocenters. The Balaban J connectivity index is 1.70. The van der Waals surface area contributed by atoms with Crippen LogP contribution in [0.1, 0.15) is 12.0 Å². The van der Waals surface area contributed by atoms with E-state index >= 15 is 0 Å². The summed E-state index contributed by atoms with van der Waals surface area (Å²) in [7, 11) is 3.24. The van der Waals surface area contributed by atoms with Gasteiger partial charge in [0.15, 0.2) is 0 Å². The van der Waals surface area contributed by atoms with Crippen LogP contribution in [0.5, 0.6) is 17.2 Å². The fourth-order valence-electron chi connectivity index (χ4n) is 2.26. The van der Waals surface area contributed by atoms with Gasteiger partial charge in [-0.3, -0.25) is 4.79 Å². The number of hydrogen-bond acceptors (Lipinski definition) is 4. The molecule has 5 nitrogen and oxygen atoms in total. The maximum absolute atomic E-state index is 11.8. The number of nitrogens with one attached hydrogen (secondary N) is 1. The molecule has 0 bridgehead atoms. The molecule has 1 amide bonds. The zero-order valence-electron chi connectivity index (χ0n) is 14.1. The van der Waals surface area contributed by atoms with Crippen molar-refractivity contribution in [1.29, 1.82) is 0 Å². The Morgan fingerprint density at radius 1 is 1.00 bits per heavy atom. The van der Waals surface area contributed by atoms with Crippen molar-refractivity contribution in [2.24, 2.45) is 0 Å². The Labute approximate surface area is 142 Å². The van der Waals surface area contributed by atoms with Crippen molar-refractivity contribution in [3.05, 3.63) is 54.1 Å². The molecule has 0 saturated carbocycles. The molecule has 128 valence electrons. The molecule has 0 aliphatic carbocycles. The van der Waals surface area contributed by atoms with E-state index < -0.39 is 0 Å². The molecule has 0 fully saturated rings. The van der Waals surface area contributed by atoms with Gasteiger partial charge in [-0.2, -0.15) is 0 Å². The summed E-state index contributed by atoms with van der Waals surface area (Å²) >= 11 is 0. The van der Waals surface area contributed by atoms with Gasteiger partial charge in [0, 0.05) is 12.6 Å². The number of carbonyl (C=O) groups is 1. The molecule has 0 spiro atoms. The predicted octanol–water partition coefficient (Wildman–Crippen LogP) is 2.83. The first-order chi connectivity index (χ1) is 11.7. The fourth-order valence-corrected chi connectivity index (χ4v) is 2.26. The number of rotatable bonds is 9. The average molecular weight is 329 g/mol. The van der Waals surface area contributed by atoms with E-state index in [9.17, 15) is 4.79 Å². The average Bonchev–Trinajstić information content (AvgIpc) is 2.62. The van der Waals surface area contributed by atoms with Crippen LogP contribution >= 0.6 is 0 Å². The lowest BCUT2D eigenvalue weighted by molar-refractivity contribution is -0.121. The number of carbonyl (C=O) groups excluding carboxylic acids is 1. The smallest absolute Gasteiger partial charge is 0.223 e. The third kappa shape index (κ3) is 5.50. The Kier molecular flexibility index (Phi) is 6.95. The van der Waals surface area contributed by atoms with E-state index in [-0.39, 0.29) is 5.91 Å². The largest absolute Gasteiger partial charge is 0.497 e. The minimum absolute atomic E-state index is 0.0293. The molecule has 0 radical (unpaired) electrons. The normalized spacial score (nSPS) is 10.1. The van der Waals surface area contributed by atoms with Crippen LogP contribution in [0.25, 0.3) is 0 Å². The monoisotopic (exact) mass is 329 g/mol. The molecule has 0 aromatic heterocycles. The highest BCUT2D eigenvalue weighted by molar-refractivity contribution is 5.76. The highest BCUT2D eigenvalue weighted by Crippen LogP contribution is 2.24. The molecular formula is C19H23NO4. The van der Waals surface area contributed by atoms with Crippen LogP contribution in [0, 0.1) is 0 Å². The molecule has 2 aromatic carbocycles. The standard InChI is InChI=1S/C19H23NO4/c1-22-17-9-8-15(18(14-17)23-2)10-12-20-19(21)11-13-24-16-6-4-3-5-7-16/h3-9,14H,10-13H2,1-2H3,(H,20,21). The molecule has 0 saturated heterocycles. The first kappa shape index (κ1) is 17.7. The molecule has 5 heteroatoms. The fraction of sp³-hybridized carbons (Fsp3) is 0.316. The Morgan fingerprint density at radius 2 is 1.79 bits per heavy atom. The van der Waals surface area contributed by atoms with Gasteiger partial charge in [-0.05, 0) is 30.2 Å². The number of ether oxygens (including phenoxy) is 3. The number of methoxy groups -OCH3 is 2. The van der Waals surface area contributed by atoms with Crippen molar-refractivity contribution < 1.29 is 19.0 Å². The third-order valence-corrected chi connectivity index (χ3v) is 3.55. The second-order valence-corrected chi connectivity index (χ2v) is 5.19. The van der Waals surface area contributed by atoms with Crippen LogP contribution in [-0.4, -0.2) is 33.3 Å². The molecule has 0 unspecified atom stereocenters. The van der Waals surface area contributed by atoms with E-state index in [1.54, 1.807) is 14.2 Å². The van der Waals surface area contributed by atoms with Crippen molar-refractivity contribution in [1.82, 2.24) is 5.32 Å². The molecule has 2 aromatic rings. The second kappa shape index (κ2) is 9.45. The summed E-state index contributed by atoms with van der Waals surface area (Å²) in [6.07, 6.45) is 1.02. The molecule has 1 N–H and O–H groups in total. The van der Waals surface area contributed by atoms with Crippen molar-refractivity contribution in [2.75, 3.05) is 27.4 Å². The first-order valence-electron chi connectivity index (χ1n) is 7.88. The first-order valence-corrected chi connectivity index (χ1v) is 7.88. The number of amides is 1. The summed E-state index contributed by atoms with van der Waals surface area (Å²) in [5.74, 6) is 2.25. The van der Waals surface area contributed by atoms with Crippen LogP contribution in [0.3, 0.4) is 0 Å². The zero-order chi connectivity index (χ0) is 17.2. The zero-order valence-corrected chi connectivity index (χ0v) is 14.1. The highest BCUT2D eigenvalue weighted by Gasteiger charge is 2.06. The Hall–Kier alpha value is -2.69. The summed E-state index contributed by atoms with van der Waals surface area (Å²) < 4.78 is 16.0. The molecule has 0 heterocycles. The number of benzene rings is 2. The summed E-state index contributed by atoms with van der Waals surface area (Å²) in [6.45, 7) is 0.911. The van der Waals surface area contributed by atoms with E-state index in [0.29, 0.717) is 26.0 Å². The van der Waals surface area contributed by atoms with Crippen molar-refractivity contribution in [3.63, 3.8) is 0 Å². The lowest BCUT2D eigenvalue weighted by atomic mass is 10.1. The Bertz CT molecular complexity index is 643. The highest BCUT2D eigenvalue weighted by atomic mass is 16.5. The second-order valence-electron chi connectivity index (χ2n) is 5.19. The molecule has 24 heavy (non-hydrogen) atoms. The number of hydrogen-bond donors (Lipinski definition) is 1. The maximum atomic E-state index is 11.8. The van der Waals surface area contributed by atoms with Crippen LogP contribution < -0.4 is 19.5 Å². The van der Waals surface area contributed by atoms with E-state index in [0.717, 1.165) is 22.8 Å². The van der Waals surface area contributed by atoms with Gasteiger partial charge in [-0.25, -0.2) is 0 Å². The van der Waals surface area contributed by atoms with Gasteiger partial charge in [0.1, 0.15) is 17.2 Å². The van der Waals surface area contributed by atoms with Crippen molar-refractivity contribution in [3.8, 4) is 17.2 Å². The molecule has 0 aliphatic heterocycles. The molecular weight excluding hydrogens is 306 g/mol. The SMILES string of the molecule is COc1ccc(CCNC(=O)CCOc2ccccc2)c(OC)c1. The number of para-hydroxylation sites is 1. The van der Waals surface area contributed by atoms with Gasteiger partial charge >= 0.3 is 0 Å². The van der Waals surface area contributed by atoms with Crippen molar-refractivity contribution >= 4 is 5.91 Å². The Morgan fingerprint density at radius 3 is 2.50 bits per heavy atom. The van der Waals surface area contributed by atoms with E-state index in [2.05, 4.69) is 5.32 Å². The van der Waals surface area contributed by atoms with E-state index in [1.165, 1.54) is 0 Å². The van der Waals surface area contributed by atoms with Gasteiger partial charge in [-0.15, -0.1) is 0 Å². The lowest BCUT2D eigenvalue weighted by Crippen LogP contribution is -2.27. The third-order valence-electron chi connectivity index (χ3n) is 3.55. The van der Waals surface area contributed by atoms with E-state index in [1.807, 2.05) is 48.5 Å². The maximum Gasteiger partial charge on any atom is 0.223 e. The van der Waals surface area contributed by atoms with Gasteiger partial charge < -0.3 is 19.5 Å². The predicted molar refractivity (Wildman–Crippen MR) is 92.8 cm³/mol. The van der Waals surface area contributed by atoms with E-state index in [4.69, 9.17) is 14.2 Å². The minimum atomic E-state index is -0.0293. The molecule has 2 rings (SSSR count). The van der Waals surface area contributed by atoms with Crippen LogP contribution in [0.2, 0.25) is 0 Å². The summed E-state index contributed by atoms with van der Waals surface area (Å²) in [5, 5.41) is 2.89. The summed E-state index contributed by atoms with van der Waals surface area (Å²) in [5.41, 5.74) is 1.03. The lowest BCUT2D eigenvalue weighted by Gasteiger charge is -2.11. The van der Waals surface area contributed by atoms with Gasteiger partial charge in [0.25, 0.3) is 0 Å². The van der Waals surface area contributed by atoms with Crippen molar-refractivity contribution in [2.45, 2.75) is 12.8 Å². The van der Waals surface area contributed by atoms with Gasteiger partial charge in [0.05, 0.1) is 27.2 Å². The van der Waals surface area contributed by atoms with Crippen LogP contribution in [-0.2, 0) is 11.2 Å². The van der Waals surface area contributed by atoms with Gasteiger partial charge in [-0.1, -0.05) is 24.3 Å². The molecule has 0 aliphatic rings. The van der Waals surface area contributed by atoms with Crippen LogP contribution in [0.4, 0.5) is 0 Å². The van der Waals surface area contributed by atoms with Gasteiger partial charge in [0.2, 0.25) is 5.91 Å². The summed E-state index contributed by atoms with van der Waals surface area (Å²) in [4.78, 5) is 11.8. The minimum Gasteiger partial charge on any atom is -0.497 e. The quantitative estimate of drug-likeness (QED) is 0.768. The topological polar surface area (TPSA) is 56.8 Å². The summed E-state index contributed by atoms with van der Waals surface area (Å²) in [6, 6.07) is 15.1. The van der Waals surface area contributed by atoms with Crippen LogP contribution in [0.15, 0.2) is 48.5 Å².